The Morgan fingerprint density at radius 2 is 1.71 bits per heavy atom. The second kappa shape index (κ2) is 10.7. The second-order valence-corrected chi connectivity index (χ2v) is 14.6. The fourth-order valence-corrected chi connectivity index (χ4v) is 9.33. The second-order valence-electron chi connectivity index (χ2n) is 14.6. The maximum absolute atomic E-state index is 14.6. The number of benzene rings is 2. The molecule has 0 spiro atoms. The van der Waals surface area contributed by atoms with Crippen LogP contribution in [0.4, 0.5) is 5.69 Å². The number of Topliss-reactive ketones (excluding diaryl/α,β-unsaturated/α-hetero) is 2. The van der Waals surface area contributed by atoms with Crippen molar-refractivity contribution in [2.75, 3.05) is 5.32 Å². The minimum atomic E-state index is -2.57. The van der Waals surface area contributed by atoms with Gasteiger partial charge in [-0.25, -0.2) is 0 Å². The van der Waals surface area contributed by atoms with Crippen molar-refractivity contribution in [2.45, 2.75) is 85.0 Å². The average Bonchev–Trinajstić information content (AvgIpc) is 2.90. The number of nitrogens with two attached hydrogens (primary N) is 1. The number of phenols is 1. The van der Waals surface area contributed by atoms with E-state index in [1.165, 1.54) is 6.92 Å². The summed E-state index contributed by atoms with van der Waals surface area (Å²) >= 11 is 0. The molecule has 3 aliphatic rings. The van der Waals surface area contributed by atoms with Crippen LogP contribution in [0.15, 0.2) is 30.3 Å². The highest BCUT2D eigenvalue weighted by molar-refractivity contribution is 6.10. The number of carbonyl (C=O) groups is 4. The summed E-state index contributed by atoms with van der Waals surface area (Å²) in [5.74, 6) is -7.65. The number of primary amides is 1. The van der Waals surface area contributed by atoms with Gasteiger partial charge in [-0.1, -0.05) is 53.7 Å². The maximum atomic E-state index is 14.6. The molecule has 2 aromatic carbocycles. The summed E-state index contributed by atoms with van der Waals surface area (Å²) in [4.78, 5) is 52.7. The molecule has 0 heterocycles. The molecule has 2 fully saturated rings. The monoisotopic (exact) mass is 620 g/mol. The van der Waals surface area contributed by atoms with Gasteiger partial charge in [-0.05, 0) is 70.9 Å². The van der Waals surface area contributed by atoms with Crippen LogP contribution in [0.3, 0.4) is 0 Å². The molecule has 0 saturated heterocycles. The largest absolute Gasteiger partial charge is 0.507 e. The Labute approximate surface area is 263 Å². The molecule has 2 unspecified atom stereocenters. The van der Waals surface area contributed by atoms with Gasteiger partial charge in [-0.3, -0.25) is 19.2 Å². The van der Waals surface area contributed by atoms with Crippen LogP contribution in [0.2, 0.25) is 0 Å². The zero-order chi connectivity index (χ0) is 33.5. The van der Waals surface area contributed by atoms with Crippen LogP contribution in [0, 0.1) is 34.5 Å². The minimum absolute atomic E-state index is 0.0185. The Balaban J connectivity index is 1.73. The molecule has 8 atom stereocenters. The van der Waals surface area contributed by atoms with E-state index in [1.54, 1.807) is 31.2 Å². The number of anilines is 1. The van der Waals surface area contributed by atoms with Crippen LogP contribution >= 0.6 is 0 Å². The molecule has 10 nitrogen and oxygen atoms in total. The molecular weight excluding hydrogens is 576 g/mol. The predicted octanol–water partition coefficient (Wildman–Crippen LogP) is 3.32. The van der Waals surface area contributed by atoms with Gasteiger partial charge in [0.25, 0.3) is 0 Å². The van der Waals surface area contributed by atoms with E-state index in [1.807, 2.05) is 40.7 Å². The van der Waals surface area contributed by atoms with Gasteiger partial charge in [-0.15, -0.1) is 0 Å². The van der Waals surface area contributed by atoms with Crippen LogP contribution < -0.4 is 11.1 Å². The van der Waals surface area contributed by atoms with Gasteiger partial charge in [-0.2, -0.15) is 0 Å². The summed E-state index contributed by atoms with van der Waals surface area (Å²) in [6.07, 6.45) is -3.09. The van der Waals surface area contributed by atoms with Gasteiger partial charge < -0.3 is 31.5 Å². The quantitative estimate of drug-likeness (QED) is 0.275. The van der Waals surface area contributed by atoms with E-state index in [0.717, 1.165) is 5.56 Å². The molecule has 0 radical (unpaired) electrons. The molecule has 242 valence electrons. The molecule has 0 bridgehead atoms. The number of phenolic OH excluding ortho intramolecular Hbond substituents is 1. The van der Waals surface area contributed by atoms with E-state index in [2.05, 4.69) is 5.32 Å². The van der Waals surface area contributed by atoms with Crippen LogP contribution in [-0.4, -0.2) is 61.6 Å². The lowest BCUT2D eigenvalue weighted by molar-refractivity contribution is -0.265. The Morgan fingerprint density at radius 3 is 2.27 bits per heavy atom. The zero-order valence-electron chi connectivity index (χ0n) is 26.8. The van der Waals surface area contributed by atoms with Crippen LogP contribution in [0.1, 0.15) is 82.3 Å². The van der Waals surface area contributed by atoms with E-state index in [0.29, 0.717) is 22.4 Å². The molecule has 5 rings (SSSR count). The minimum Gasteiger partial charge on any atom is -0.507 e. The Bertz CT molecular complexity index is 1620. The zero-order valence-corrected chi connectivity index (χ0v) is 26.8. The molecule has 10 heteroatoms. The summed E-state index contributed by atoms with van der Waals surface area (Å²) in [6.45, 7) is 12.5. The van der Waals surface area contributed by atoms with Gasteiger partial charge in [0.1, 0.15) is 17.8 Å². The van der Waals surface area contributed by atoms with E-state index < -0.39 is 63.9 Å². The third-order valence-electron chi connectivity index (χ3n) is 10.9. The van der Waals surface area contributed by atoms with Crippen molar-refractivity contribution in [3.05, 3.63) is 47.0 Å². The summed E-state index contributed by atoms with van der Waals surface area (Å²) in [7, 11) is 0. The van der Waals surface area contributed by atoms with E-state index in [4.69, 9.17) is 5.73 Å². The Kier molecular flexibility index (Phi) is 7.83. The molecule has 7 N–H and O–H groups in total. The highest BCUT2D eigenvalue weighted by Gasteiger charge is 2.76. The molecule has 0 aromatic heterocycles. The lowest BCUT2D eigenvalue weighted by Gasteiger charge is -2.66. The number of aromatic hydroxyl groups is 1. The lowest BCUT2D eigenvalue weighted by Crippen LogP contribution is -2.79. The van der Waals surface area contributed by atoms with Crippen molar-refractivity contribution >= 4 is 29.1 Å². The molecule has 2 amide bonds. The number of carbonyl (C=O) groups excluding carboxylic acids is 4. The number of fused-ring (bicyclic) bond motifs is 3. The number of ketones is 2. The number of aliphatic hydroxyl groups is 3. The van der Waals surface area contributed by atoms with E-state index >= 15 is 0 Å². The fourth-order valence-electron chi connectivity index (χ4n) is 9.33. The van der Waals surface area contributed by atoms with E-state index in [9.17, 15) is 39.6 Å². The van der Waals surface area contributed by atoms with Gasteiger partial charge in [0, 0.05) is 23.6 Å². The van der Waals surface area contributed by atoms with Crippen LogP contribution in [-0.2, 0) is 20.8 Å². The summed E-state index contributed by atoms with van der Waals surface area (Å²) < 4.78 is 0. The van der Waals surface area contributed by atoms with Crippen molar-refractivity contribution < 1.29 is 39.6 Å². The third-order valence-corrected chi connectivity index (χ3v) is 10.9. The van der Waals surface area contributed by atoms with Crippen LogP contribution in [0.25, 0.3) is 11.1 Å². The number of hydrogen-bond acceptors (Lipinski definition) is 8. The maximum Gasteiger partial charge on any atom is 0.230 e. The highest BCUT2D eigenvalue weighted by atomic mass is 16.4. The molecule has 2 aromatic rings. The molecular formula is C35H44N2O8. The first kappa shape index (κ1) is 32.8. The van der Waals surface area contributed by atoms with Gasteiger partial charge in [0.15, 0.2) is 17.2 Å². The summed E-state index contributed by atoms with van der Waals surface area (Å²) in [5, 5.41) is 50.2. The first-order valence-corrected chi connectivity index (χ1v) is 15.5. The van der Waals surface area contributed by atoms with Gasteiger partial charge in [0.2, 0.25) is 11.8 Å². The smallest absolute Gasteiger partial charge is 0.230 e. The normalized spacial score (nSPS) is 34.3. The third kappa shape index (κ3) is 4.55. The standard InChI is InChI=1S/C35H44N2O8/c1-15(2)20-12-21(18-9-8-10-19(11-18)37-17(5)38)27(39)23-22(20)13-33(6)14-34(7)25(16(3)4)29(41)24(32(36)44)30(42)35(34,45)31(43)26(33)28(23)40/h8-12,15-16,24-26,29,31,39,41,43,45H,13-14H2,1-7H3,(H2,36,44)(H,37,38)/t24-,25+,26-,29?,31?,33-,34-,35+/m1/s1. The fraction of sp³-hybridized carbons (Fsp3) is 0.543. The molecule has 45 heavy (non-hydrogen) atoms. The first-order chi connectivity index (χ1) is 20.8. The van der Waals surface area contributed by atoms with Crippen molar-refractivity contribution in [2.24, 2.45) is 40.2 Å². The van der Waals surface area contributed by atoms with Crippen molar-refractivity contribution in [3.8, 4) is 16.9 Å². The summed E-state index contributed by atoms with van der Waals surface area (Å²) in [6, 6.07) is 8.72. The van der Waals surface area contributed by atoms with E-state index in [-0.39, 0.29) is 41.9 Å². The summed E-state index contributed by atoms with van der Waals surface area (Å²) in [5.41, 5.74) is 3.49. The Morgan fingerprint density at radius 1 is 1.07 bits per heavy atom. The predicted molar refractivity (Wildman–Crippen MR) is 167 cm³/mol. The molecule has 0 aliphatic heterocycles. The number of aliphatic hydroxyl groups excluding tert-OH is 2. The lowest BCUT2D eigenvalue weighted by atomic mass is 9.39. The van der Waals surface area contributed by atoms with Gasteiger partial charge >= 0.3 is 0 Å². The highest BCUT2D eigenvalue weighted by Crippen LogP contribution is 2.66. The number of rotatable bonds is 5. The van der Waals surface area contributed by atoms with Crippen molar-refractivity contribution in [1.82, 2.24) is 0 Å². The number of nitrogens with one attached hydrogen (secondary N) is 1. The number of amides is 2. The average molecular weight is 621 g/mol. The molecule has 2 saturated carbocycles. The SMILES string of the molecule is CC(=O)Nc1cccc(-c2cc(C(C)C)c3c(c2O)C(=O)[C@@H]2C(O)[C@@]4(O)C(=O)[C@H](C(N)=O)C(O)[C@H](C(C)C)[C@@]4(C)C[C@@]2(C)C3)c1. The topological polar surface area (TPSA) is 187 Å². The van der Waals surface area contributed by atoms with Gasteiger partial charge in [0.05, 0.1) is 17.6 Å². The Hall–Kier alpha value is -3.60. The first-order valence-electron chi connectivity index (χ1n) is 15.5. The van der Waals surface area contributed by atoms with Crippen molar-refractivity contribution in [1.29, 1.82) is 0 Å². The number of hydrogen-bond donors (Lipinski definition) is 6. The van der Waals surface area contributed by atoms with Crippen molar-refractivity contribution in [3.63, 3.8) is 0 Å². The van der Waals surface area contributed by atoms with Crippen LogP contribution in [0.5, 0.6) is 5.75 Å². The molecule has 3 aliphatic carbocycles.